The lowest BCUT2D eigenvalue weighted by Crippen LogP contribution is -2.08. The van der Waals surface area contributed by atoms with E-state index in [1.54, 1.807) is 31.4 Å². The molecule has 3 rings (SSSR count). The molecule has 1 heterocycles. The van der Waals surface area contributed by atoms with Gasteiger partial charge in [0.15, 0.2) is 5.43 Å². The Morgan fingerprint density at radius 2 is 1.75 bits per heavy atom. The Kier molecular flexibility index (Phi) is 4.01. The smallest absolute Gasteiger partial charge is 0.188 e. The van der Waals surface area contributed by atoms with Crippen molar-refractivity contribution in [1.29, 1.82) is 0 Å². The average molecular weight is 325 g/mol. The number of hydrogen-bond acceptors (Lipinski definition) is 5. The number of hydrogen-bond donors (Lipinski definition) is 1. The van der Waals surface area contributed by atoms with E-state index in [0.29, 0.717) is 16.8 Å². The lowest BCUT2D eigenvalue weighted by molar-refractivity contribution is 0.296. The Balaban J connectivity index is 2.42. The molecule has 0 saturated heterocycles. The van der Waals surface area contributed by atoms with Crippen LogP contribution in [-0.4, -0.2) is 16.9 Å². The van der Waals surface area contributed by atoms with Crippen LogP contribution in [0.2, 0.25) is 0 Å². The van der Waals surface area contributed by atoms with Crippen LogP contribution in [0.25, 0.3) is 16.5 Å². The van der Waals surface area contributed by atoms with E-state index in [4.69, 9.17) is 9.94 Å². The van der Waals surface area contributed by atoms with Gasteiger partial charge in [0.25, 0.3) is 0 Å². The van der Waals surface area contributed by atoms with Crippen LogP contribution < -0.4 is 15.4 Å². The molecule has 0 unspecified atom stereocenters. The zero-order valence-corrected chi connectivity index (χ0v) is 13.6. The molecule has 0 atom stereocenters. The molecule has 0 aliphatic heterocycles. The van der Waals surface area contributed by atoms with Crippen LogP contribution in [0.3, 0.4) is 0 Å². The largest absolute Gasteiger partial charge is 0.733 e. The highest BCUT2D eigenvalue weighted by Crippen LogP contribution is 2.33. The molecule has 6 heteroatoms. The molecule has 2 aromatic carbocycles. The van der Waals surface area contributed by atoms with Gasteiger partial charge in [0.05, 0.1) is 18.2 Å². The van der Waals surface area contributed by atoms with Crippen molar-refractivity contribution in [2.75, 3.05) is 12.3 Å². The van der Waals surface area contributed by atoms with Crippen molar-refractivity contribution in [3.05, 3.63) is 69.3 Å². The number of fused-ring (bicyclic) bond motifs is 1. The van der Waals surface area contributed by atoms with Gasteiger partial charge in [-0.15, -0.1) is 0 Å². The minimum Gasteiger partial charge on any atom is -0.733 e. The molecule has 0 aliphatic carbocycles. The molecule has 3 aromatic rings. The van der Waals surface area contributed by atoms with E-state index in [1.807, 2.05) is 24.5 Å². The maximum atomic E-state index is 12.5. The molecule has 0 bridgehead atoms. The van der Waals surface area contributed by atoms with Crippen molar-refractivity contribution >= 4 is 16.5 Å². The van der Waals surface area contributed by atoms with E-state index in [2.05, 4.69) is 0 Å². The zero-order valence-electron chi connectivity index (χ0n) is 13.6. The summed E-state index contributed by atoms with van der Waals surface area (Å²) < 4.78 is 7.32. The molecule has 0 fully saturated rings. The first-order chi connectivity index (χ1) is 11.5. The maximum absolute atomic E-state index is 12.5. The molecule has 6 nitrogen and oxygen atoms in total. The third-order valence-electron chi connectivity index (χ3n) is 4.16. The first-order valence-corrected chi connectivity index (χ1v) is 7.41. The van der Waals surface area contributed by atoms with E-state index in [9.17, 15) is 10.0 Å². The lowest BCUT2D eigenvalue weighted by atomic mass is 10.2. The van der Waals surface area contributed by atoms with E-state index >= 15 is 0 Å². The van der Waals surface area contributed by atoms with Crippen molar-refractivity contribution in [2.45, 2.75) is 13.8 Å². The van der Waals surface area contributed by atoms with Crippen LogP contribution in [-0.2, 0) is 0 Å². The molecule has 0 radical (unpaired) electrons. The average Bonchev–Trinajstić information content (AvgIpc) is 2.71. The van der Waals surface area contributed by atoms with Gasteiger partial charge in [-0.1, -0.05) is 12.1 Å². The molecule has 1 aromatic heterocycles. The van der Waals surface area contributed by atoms with Crippen molar-refractivity contribution in [3.8, 4) is 11.4 Å². The second-order valence-corrected chi connectivity index (χ2v) is 5.51. The van der Waals surface area contributed by atoms with Gasteiger partial charge < -0.3 is 19.7 Å². The van der Waals surface area contributed by atoms with Gasteiger partial charge in [-0.2, -0.15) is 0 Å². The standard InChI is InChI=1S/C18H17N2O4/c1-11-17-15(21)8-5-9-16(24-3)18(17)12(2)19(11)13-6-4-7-14(10-13)20(22)23/h4-10,22H,1-3H3/q-1. The van der Waals surface area contributed by atoms with Gasteiger partial charge in [-0.05, 0) is 44.2 Å². The topological polar surface area (TPSA) is 77.8 Å². The molecule has 0 amide bonds. The summed E-state index contributed by atoms with van der Waals surface area (Å²) in [6, 6.07) is 11.5. The Labute approximate surface area is 138 Å². The van der Waals surface area contributed by atoms with E-state index in [0.717, 1.165) is 16.8 Å². The Hall–Kier alpha value is -2.83. The predicted molar refractivity (Wildman–Crippen MR) is 93.2 cm³/mol. The molecule has 0 saturated carbocycles. The second kappa shape index (κ2) is 5.99. The maximum Gasteiger partial charge on any atom is 0.188 e. The fourth-order valence-corrected chi connectivity index (χ4v) is 3.14. The highest BCUT2D eigenvalue weighted by Gasteiger charge is 2.17. The molecule has 1 N–H and O–H groups in total. The minimum atomic E-state index is -0.184. The number of benzene rings is 1. The van der Waals surface area contributed by atoms with Gasteiger partial charge in [0.2, 0.25) is 0 Å². The van der Waals surface area contributed by atoms with E-state index < -0.39 is 0 Å². The van der Waals surface area contributed by atoms with Crippen LogP contribution in [0.4, 0.5) is 5.69 Å². The summed E-state index contributed by atoms with van der Waals surface area (Å²) in [5.74, 6) is 0.607. The number of nitrogens with zero attached hydrogens (tertiary/aromatic N) is 2. The van der Waals surface area contributed by atoms with E-state index in [1.165, 1.54) is 12.1 Å². The highest BCUT2D eigenvalue weighted by molar-refractivity contribution is 5.93. The number of anilines is 1. The van der Waals surface area contributed by atoms with Crippen LogP contribution in [0.15, 0.2) is 47.3 Å². The summed E-state index contributed by atoms with van der Waals surface area (Å²) in [4.78, 5) is 12.5. The summed E-state index contributed by atoms with van der Waals surface area (Å²) in [5, 5.41) is 21.4. The van der Waals surface area contributed by atoms with Gasteiger partial charge in [-0.25, -0.2) is 0 Å². The Bertz CT molecular complexity index is 977. The van der Waals surface area contributed by atoms with Crippen molar-refractivity contribution < 1.29 is 9.94 Å². The van der Waals surface area contributed by atoms with Gasteiger partial charge >= 0.3 is 0 Å². The fourth-order valence-electron chi connectivity index (χ4n) is 3.14. The first-order valence-electron chi connectivity index (χ1n) is 7.41. The van der Waals surface area contributed by atoms with E-state index in [-0.39, 0.29) is 16.3 Å². The third kappa shape index (κ3) is 2.42. The normalized spacial score (nSPS) is 10.9. The van der Waals surface area contributed by atoms with Crippen LogP contribution >= 0.6 is 0 Å². The van der Waals surface area contributed by atoms with Gasteiger partial charge in [0, 0.05) is 22.5 Å². The summed E-state index contributed by atoms with van der Waals surface area (Å²) in [7, 11) is 1.56. The highest BCUT2D eigenvalue weighted by atomic mass is 16.8. The molecular formula is C18H17N2O4-. The monoisotopic (exact) mass is 325 g/mol. The van der Waals surface area contributed by atoms with Gasteiger partial charge in [-0.3, -0.25) is 10.0 Å². The predicted octanol–water partition coefficient (Wildman–Crippen LogP) is 3.31. The van der Waals surface area contributed by atoms with Crippen molar-refractivity contribution in [1.82, 2.24) is 4.57 Å². The minimum absolute atomic E-state index is 0.101. The summed E-state index contributed by atoms with van der Waals surface area (Å²) in [6.45, 7) is 3.73. The molecule has 0 spiro atoms. The number of rotatable bonds is 3. The molecular weight excluding hydrogens is 308 g/mol. The Morgan fingerprint density at radius 3 is 2.42 bits per heavy atom. The van der Waals surface area contributed by atoms with Crippen molar-refractivity contribution in [2.24, 2.45) is 0 Å². The fraction of sp³-hybridized carbons (Fsp3) is 0.167. The number of ether oxygens (including phenoxy) is 1. The van der Waals surface area contributed by atoms with Crippen LogP contribution in [0.1, 0.15) is 11.4 Å². The summed E-state index contributed by atoms with van der Waals surface area (Å²) in [5.41, 5.74) is 2.26. The SMILES string of the molecule is COc1cccc(=O)c2c(C)n(-c3cccc(N([O-])O)c3)c(C)c12. The van der Waals surface area contributed by atoms with Crippen LogP contribution in [0, 0.1) is 19.1 Å². The Morgan fingerprint density at radius 1 is 1.08 bits per heavy atom. The zero-order chi connectivity index (χ0) is 17.4. The lowest BCUT2D eigenvalue weighted by Gasteiger charge is -2.22. The first kappa shape index (κ1) is 16.0. The van der Waals surface area contributed by atoms with Crippen molar-refractivity contribution in [3.63, 3.8) is 0 Å². The summed E-state index contributed by atoms with van der Waals surface area (Å²) >= 11 is 0. The second-order valence-electron chi connectivity index (χ2n) is 5.51. The molecule has 124 valence electrons. The number of methoxy groups -OCH3 is 1. The third-order valence-corrected chi connectivity index (χ3v) is 4.16. The number of aromatic nitrogens is 1. The number of aryl methyl sites for hydroxylation is 2. The molecule has 24 heavy (non-hydrogen) atoms. The van der Waals surface area contributed by atoms with Crippen LogP contribution in [0.5, 0.6) is 5.75 Å². The summed E-state index contributed by atoms with van der Waals surface area (Å²) in [6.07, 6.45) is 0. The molecule has 0 aliphatic rings. The van der Waals surface area contributed by atoms with Gasteiger partial charge in [0.1, 0.15) is 5.75 Å². The quantitative estimate of drug-likeness (QED) is 0.748.